The van der Waals surface area contributed by atoms with E-state index in [4.69, 9.17) is 5.73 Å². The van der Waals surface area contributed by atoms with E-state index >= 15 is 0 Å². The lowest BCUT2D eigenvalue weighted by Gasteiger charge is -2.13. The summed E-state index contributed by atoms with van der Waals surface area (Å²) in [6.07, 6.45) is -7.01. The standard InChI is InChI=1S/C24H20BrF6N7O2S/c1-3-37-9(2)12(7-33-37)11-6-13(23(26,27)28)34-22-15(11)17(19(41-22)21(32)40)35-14(39)8-38-18(10-4-5-10)16(25)20(36-38)24(29,30)31/h6-7,10H,3-5,8H2,1-2H3,(H2,32,40)(H,35,39). The Morgan fingerprint density at radius 1 is 1.15 bits per heavy atom. The van der Waals surface area contributed by atoms with E-state index in [-0.39, 0.29) is 42.4 Å². The highest BCUT2D eigenvalue weighted by Gasteiger charge is 2.42. The fraction of sp³-hybridized carbons (Fsp3) is 0.375. The summed E-state index contributed by atoms with van der Waals surface area (Å²) in [7, 11) is 0. The van der Waals surface area contributed by atoms with Gasteiger partial charge >= 0.3 is 12.4 Å². The highest BCUT2D eigenvalue weighted by atomic mass is 79.9. The Labute approximate surface area is 239 Å². The molecule has 0 unspecified atom stereocenters. The van der Waals surface area contributed by atoms with Crippen molar-refractivity contribution in [3.8, 4) is 11.1 Å². The van der Waals surface area contributed by atoms with Crippen molar-refractivity contribution in [3.63, 3.8) is 0 Å². The second kappa shape index (κ2) is 10.1. The normalized spacial score (nSPS) is 14.2. The molecule has 5 rings (SSSR count). The number of carbonyl (C=O) groups excluding carboxylic acids is 2. The van der Waals surface area contributed by atoms with E-state index in [0.717, 1.165) is 10.7 Å². The van der Waals surface area contributed by atoms with Gasteiger partial charge in [0, 0.05) is 29.1 Å². The van der Waals surface area contributed by atoms with Crippen molar-refractivity contribution in [2.24, 2.45) is 5.73 Å². The number of halogens is 7. The minimum atomic E-state index is -4.83. The lowest BCUT2D eigenvalue weighted by atomic mass is 10.0. The number of primary amides is 1. The van der Waals surface area contributed by atoms with Crippen LogP contribution in [0.2, 0.25) is 0 Å². The average molecular weight is 664 g/mol. The maximum Gasteiger partial charge on any atom is 0.436 e. The number of aromatic nitrogens is 5. The van der Waals surface area contributed by atoms with Gasteiger partial charge in [-0.3, -0.25) is 19.0 Å². The molecule has 1 fully saturated rings. The van der Waals surface area contributed by atoms with Crippen LogP contribution < -0.4 is 11.1 Å². The Morgan fingerprint density at radius 2 is 1.83 bits per heavy atom. The van der Waals surface area contributed by atoms with Crippen LogP contribution in [0.5, 0.6) is 0 Å². The lowest BCUT2D eigenvalue weighted by molar-refractivity contribution is -0.142. The van der Waals surface area contributed by atoms with Crippen LogP contribution in [0, 0.1) is 6.92 Å². The molecule has 0 aromatic carbocycles. The van der Waals surface area contributed by atoms with E-state index in [2.05, 4.69) is 36.4 Å². The second-order valence-electron chi connectivity index (χ2n) is 9.39. The molecule has 4 aromatic heterocycles. The van der Waals surface area contributed by atoms with E-state index in [1.165, 1.54) is 6.20 Å². The minimum Gasteiger partial charge on any atom is -0.365 e. The van der Waals surface area contributed by atoms with Crippen molar-refractivity contribution in [2.45, 2.75) is 58.0 Å². The number of nitrogens with two attached hydrogens (primary N) is 1. The number of nitrogens with zero attached hydrogens (tertiary/aromatic N) is 5. The van der Waals surface area contributed by atoms with E-state index in [1.807, 2.05) is 0 Å². The molecule has 0 aliphatic heterocycles. The smallest absolute Gasteiger partial charge is 0.365 e. The van der Waals surface area contributed by atoms with Crippen molar-refractivity contribution in [3.05, 3.63) is 44.4 Å². The molecule has 9 nitrogen and oxygen atoms in total. The van der Waals surface area contributed by atoms with Gasteiger partial charge < -0.3 is 11.1 Å². The van der Waals surface area contributed by atoms with Gasteiger partial charge in [0.2, 0.25) is 5.91 Å². The average Bonchev–Trinajstić information content (AvgIpc) is 3.40. The molecule has 4 heterocycles. The number of anilines is 1. The van der Waals surface area contributed by atoms with Gasteiger partial charge in [-0.15, -0.1) is 11.3 Å². The molecular weight excluding hydrogens is 644 g/mol. The zero-order chi connectivity index (χ0) is 30.0. The minimum absolute atomic E-state index is 0.00145. The molecule has 41 heavy (non-hydrogen) atoms. The molecule has 1 aliphatic carbocycles. The SMILES string of the molecule is CCn1ncc(-c2cc(C(F)(F)F)nc3sc(C(N)=O)c(NC(=O)Cn4nc(C(F)(F)F)c(Br)c4C4CC4)c23)c1C. The van der Waals surface area contributed by atoms with Crippen LogP contribution >= 0.6 is 27.3 Å². The summed E-state index contributed by atoms with van der Waals surface area (Å²) >= 11 is 3.52. The highest BCUT2D eigenvalue weighted by molar-refractivity contribution is 9.10. The summed E-state index contributed by atoms with van der Waals surface area (Å²) < 4.78 is 84.2. The Bertz CT molecular complexity index is 1700. The third-order valence-corrected chi connectivity index (χ3v) is 8.47. The number of aryl methyl sites for hydroxylation is 1. The largest absolute Gasteiger partial charge is 0.436 e. The Hall–Kier alpha value is -3.47. The van der Waals surface area contributed by atoms with E-state index in [1.54, 1.807) is 18.5 Å². The van der Waals surface area contributed by atoms with Gasteiger partial charge in [0.25, 0.3) is 5.91 Å². The molecule has 2 amide bonds. The monoisotopic (exact) mass is 663 g/mol. The van der Waals surface area contributed by atoms with Crippen LogP contribution in [-0.2, 0) is 30.2 Å². The van der Waals surface area contributed by atoms with Gasteiger partial charge in [-0.2, -0.15) is 36.5 Å². The van der Waals surface area contributed by atoms with Crippen molar-refractivity contribution in [2.75, 3.05) is 5.32 Å². The van der Waals surface area contributed by atoms with Crippen molar-refractivity contribution < 1.29 is 35.9 Å². The van der Waals surface area contributed by atoms with Crippen LogP contribution in [0.3, 0.4) is 0 Å². The molecule has 3 N–H and O–H groups in total. The highest BCUT2D eigenvalue weighted by Crippen LogP contribution is 2.47. The van der Waals surface area contributed by atoms with Crippen molar-refractivity contribution in [1.29, 1.82) is 0 Å². The molecule has 0 radical (unpaired) electrons. The van der Waals surface area contributed by atoms with E-state index in [9.17, 15) is 35.9 Å². The molecule has 1 saturated carbocycles. The van der Waals surface area contributed by atoms with Gasteiger partial charge in [0.1, 0.15) is 21.9 Å². The predicted molar refractivity (Wildman–Crippen MR) is 140 cm³/mol. The van der Waals surface area contributed by atoms with Gasteiger partial charge in [-0.25, -0.2) is 4.98 Å². The fourth-order valence-electron chi connectivity index (χ4n) is 4.59. The third kappa shape index (κ3) is 5.31. The topological polar surface area (TPSA) is 121 Å². The van der Waals surface area contributed by atoms with Gasteiger partial charge in [-0.05, 0) is 54.2 Å². The summed E-state index contributed by atoms with van der Waals surface area (Å²) in [6.45, 7) is 3.21. The van der Waals surface area contributed by atoms with Crippen LogP contribution in [-0.4, -0.2) is 36.4 Å². The molecular formula is C24H20BrF6N7O2S. The van der Waals surface area contributed by atoms with Crippen LogP contribution in [0.15, 0.2) is 16.7 Å². The number of hydrogen-bond acceptors (Lipinski definition) is 6. The maximum absolute atomic E-state index is 13.8. The lowest BCUT2D eigenvalue weighted by Crippen LogP contribution is -2.23. The van der Waals surface area contributed by atoms with Crippen molar-refractivity contribution in [1.82, 2.24) is 24.5 Å². The summed E-state index contributed by atoms with van der Waals surface area (Å²) in [4.78, 5) is 28.8. The second-order valence-corrected chi connectivity index (χ2v) is 11.2. The zero-order valence-corrected chi connectivity index (χ0v) is 23.6. The van der Waals surface area contributed by atoms with Crippen LogP contribution in [0.25, 0.3) is 21.3 Å². The first kappa shape index (κ1) is 29.0. The molecule has 4 aromatic rings. The quantitative estimate of drug-likeness (QED) is 0.232. The zero-order valence-electron chi connectivity index (χ0n) is 21.2. The van der Waals surface area contributed by atoms with Crippen molar-refractivity contribution >= 4 is 55.0 Å². The van der Waals surface area contributed by atoms with Crippen LogP contribution in [0.1, 0.15) is 58.1 Å². The number of hydrogen-bond donors (Lipinski definition) is 2. The number of nitrogens with one attached hydrogen (secondary N) is 1. The van der Waals surface area contributed by atoms with Gasteiger partial charge in [0.15, 0.2) is 5.69 Å². The number of rotatable bonds is 7. The molecule has 218 valence electrons. The number of alkyl halides is 6. The predicted octanol–water partition coefficient (Wildman–Crippen LogP) is 6.10. The summed E-state index contributed by atoms with van der Waals surface area (Å²) in [5, 5.41) is 10.3. The van der Waals surface area contributed by atoms with Gasteiger partial charge in [0.05, 0.1) is 22.1 Å². The summed E-state index contributed by atoms with van der Waals surface area (Å²) in [5.74, 6) is -2.13. The number of fused-ring (bicyclic) bond motifs is 1. The number of pyridine rings is 1. The molecule has 0 atom stereocenters. The molecule has 1 aliphatic rings. The summed E-state index contributed by atoms with van der Waals surface area (Å²) in [6, 6.07) is 0.797. The fourth-order valence-corrected chi connectivity index (χ4v) is 6.43. The Kier molecular flexibility index (Phi) is 7.16. The Morgan fingerprint density at radius 3 is 2.37 bits per heavy atom. The number of amides is 2. The first-order chi connectivity index (χ1) is 19.1. The number of carbonyl (C=O) groups is 2. The molecule has 0 spiro atoms. The molecule has 17 heteroatoms. The maximum atomic E-state index is 13.8. The first-order valence-corrected chi connectivity index (χ1v) is 13.7. The third-order valence-electron chi connectivity index (χ3n) is 6.59. The van der Waals surface area contributed by atoms with E-state index in [0.29, 0.717) is 42.0 Å². The molecule has 0 bridgehead atoms. The summed E-state index contributed by atoms with van der Waals surface area (Å²) in [5.41, 5.74) is 3.95. The Balaban J connectivity index is 1.64. The van der Waals surface area contributed by atoms with Crippen LogP contribution in [0.4, 0.5) is 32.0 Å². The first-order valence-electron chi connectivity index (χ1n) is 12.1. The number of thiophene rings is 1. The van der Waals surface area contributed by atoms with Gasteiger partial charge in [-0.1, -0.05) is 0 Å². The van der Waals surface area contributed by atoms with E-state index < -0.39 is 42.1 Å². The molecule has 0 saturated heterocycles.